The summed E-state index contributed by atoms with van der Waals surface area (Å²) in [6, 6.07) is 18.4. The summed E-state index contributed by atoms with van der Waals surface area (Å²) in [5, 5.41) is -0.0708. The average Bonchev–Trinajstić information content (AvgIpc) is 2.54. The number of para-hydroxylation sites is 1. The monoisotopic (exact) mass is 297 g/mol. The minimum atomic E-state index is -0.0708. The van der Waals surface area contributed by atoms with Crippen molar-refractivity contribution < 1.29 is 4.79 Å². The lowest BCUT2D eigenvalue weighted by Gasteiger charge is -2.31. The number of carbonyl (C=O) groups excluding carboxylic acids is 1. The van der Waals surface area contributed by atoms with Crippen molar-refractivity contribution in [1.82, 2.24) is 0 Å². The Kier molecular flexibility index (Phi) is 4.30. The van der Waals surface area contributed by atoms with Gasteiger partial charge in [-0.2, -0.15) is 0 Å². The van der Waals surface area contributed by atoms with Crippen LogP contribution in [0.15, 0.2) is 59.5 Å². The SMILES string of the molecule is C[C@@H](Sc1ccccc1)C(=O)N1CCCc2ccccc21. The number of benzene rings is 2. The fraction of sp³-hybridized carbons (Fsp3) is 0.278. The van der Waals surface area contributed by atoms with Crippen molar-refractivity contribution in [1.29, 1.82) is 0 Å². The van der Waals surface area contributed by atoms with Crippen molar-refractivity contribution in [2.75, 3.05) is 11.4 Å². The summed E-state index contributed by atoms with van der Waals surface area (Å²) in [6.45, 7) is 2.83. The quantitative estimate of drug-likeness (QED) is 0.793. The largest absolute Gasteiger partial charge is 0.311 e. The first-order chi connectivity index (χ1) is 10.3. The van der Waals surface area contributed by atoms with E-state index in [4.69, 9.17) is 0 Å². The Morgan fingerprint density at radius 3 is 2.62 bits per heavy atom. The summed E-state index contributed by atoms with van der Waals surface area (Å²) in [6.07, 6.45) is 2.12. The Labute approximate surface area is 130 Å². The molecule has 1 atom stereocenters. The van der Waals surface area contributed by atoms with Crippen LogP contribution < -0.4 is 4.90 Å². The van der Waals surface area contributed by atoms with Crippen molar-refractivity contribution in [3.63, 3.8) is 0 Å². The molecule has 2 nitrogen and oxygen atoms in total. The highest BCUT2D eigenvalue weighted by Crippen LogP contribution is 2.30. The van der Waals surface area contributed by atoms with Gasteiger partial charge in [0.05, 0.1) is 5.25 Å². The van der Waals surface area contributed by atoms with Gasteiger partial charge in [-0.3, -0.25) is 4.79 Å². The molecule has 0 spiro atoms. The molecule has 21 heavy (non-hydrogen) atoms. The van der Waals surface area contributed by atoms with E-state index in [1.54, 1.807) is 11.8 Å². The van der Waals surface area contributed by atoms with E-state index in [0.717, 1.165) is 30.0 Å². The first-order valence-corrected chi connectivity index (χ1v) is 8.24. The summed E-state index contributed by atoms with van der Waals surface area (Å²) < 4.78 is 0. The van der Waals surface area contributed by atoms with Gasteiger partial charge in [-0.1, -0.05) is 36.4 Å². The first kappa shape index (κ1) is 14.2. The van der Waals surface area contributed by atoms with E-state index in [-0.39, 0.29) is 11.2 Å². The third-order valence-electron chi connectivity index (χ3n) is 3.78. The number of aryl methyl sites for hydroxylation is 1. The van der Waals surface area contributed by atoms with Crippen LogP contribution in [-0.2, 0) is 11.2 Å². The van der Waals surface area contributed by atoms with E-state index < -0.39 is 0 Å². The number of carbonyl (C=O) groups is 1. The third-order valence-corrected chi connectivity index (χ3v) is 4.88. The lowest BCUT2D eigenvalue weighted by molar-refractivity contribution is -0.117. The van der Waals surface area contributed by atoms with Crippen LogP contribution >= 0.6 is 11.8 Å². The first-order valence-electron chi connectivity index (χ1n) is 7.37. The molecular formula is C18H19NOS. The number of anilines is 1. The van der Waals surface area contributed by atoms with Gasteiger partial charge in [0.2, 0.25) is 5.91 Å². The second-order valence-electron chi connectivity index (χ2n) is 5.30. The van der Waals surface area contributed by atoms with Crippen LogP contribution in [0.25, 0.3) is 0 Å². The van der Waals surface area contributed by atoms with Crippen molar-refractivity contribution in [2.24, 2.45) is 0 Å². The minimum absolute atomic E-state index is 0.0708. The highest BCUT2D eigenvalue weighted by Gasteiger charge is 2.26. The van der Waals surface area contributed by atoms with E-state index >= 15 is 0 Å². The predicted molar refractivity (Wildman–Crippen MR) is 88.9 cm³/mol. The maximum Gasteiger partial charge on any atom is 0.240 e. The Hall–Kier alpha value is -1.74. The lowest BCUT2D eigenvalue weighted by atomic mass is 10.0. The zero-order valence-corrected chi connectivity index (χ0v) is 13.0. The minimum Gasteiger partial charge on any atom is -0.311 e. The molecule has 0 radical (unpaired) electrons. The number of amides is 1. The zero-order chi connectivity index (χ0) is 14.7. The summed E-state index contributed by atoms with van der Waals surface area (Å²) >= 11 is 1.63. The summed E-state index contributed by atoms with van der Waals surface area (Å²) in [7, 11) is 0. The van der Waals surface area contributed by atoms with Gasteiger partial charge in [0, 0.05) is 17.1 Å². The van der Waals surface area contributed by atoms with Crippen LogP contribution in [0.5, 0.6) is 0 Å². The molecule has 1 heterocycles. The average molecular weight is 297 g/mol. The molecular weight excluding hydrogens is 278 g/mol. The van der Waals surface area contributed by atoms with Gasteiger partial charge in [-0.05, 0) is 43.5 Å². The molecule has 1 aliphatic rings. The number of hydrogen-bond acceptors (Lipinski definition) is 2. The Bertz CT molecular complexity index is 626. The molecule has 3 rings (SSSR count). The molecule has 0 aliphatic carbocycles. The zero-order valence-electron chi connectivity index (χ0n) is 12.2. The second kappa shape index (κ2) is 6.35. The van der Waals surface area contributed by atoms with Gasteiger partial charge < -0.3 is 4.90 Å². The number of fused-ring (bicyclic) bond motifs is 1. The normalized spacial score (nSPS) is 15.4. The van der Waals surface area contributed by atoms with Gasteiger partial charge >= 0.3 is 0 Å². The maximum atomic E-state index is 12.8. The van der Waals surface area contributed by atoms with Crippen LogP contribution in [0.1, 0.15) is 18.9 Å². The van der Waals surface area contributed by atoms with Gasteiger partial charge in [-0.25, -0.2) is 0 Å². The Morgan fingerprint density at radius 1 is 1.10 bits per heavy atom. The van der Waals surface area contributed by atoms with Crippen molar-refractivity contribution in [3.8, 4) is 0 Å². The van der Waals surface area contributed by atoms with E-state index in [0.29, 0.717) is 0 Å². The van der Waals surface area contributed by atoms with Gasteiger partial charge in [0.25, 0.3) is 0 Å². The molecule has 1 amide bonds. The van der Waals surface area contributed by atoms with E-state index in [1.807, 2.05) is 36.1 Å². The Balaban J connectivity index is 1.77. The van der Waals surface area contributed by atoms with Crippen LogP contribution in [-0.4, -0.2) is 17.7 Å². The smallest absolute Gasteiger partial charge is 0.240 e. The molecule has 108 valence electrons. The van der Waals surface area contributed by atoms with Crippen LogP contribution in [0.4, 0.5) is 5.69 Å². The van der Waals surface area contributed by atoms with Crippen molar-refractivity contribution >= 4 is 23.4 Å². The van der Waals surface area contributed by atoms with E-state index in [9.17, 15) is 4.79 Å². The number of thioether (sulfide) groups is 1. The standard InChI is InChI=1S/C18H19NOS/c1-14(21-16-10-3-2-4-11-16)18(20)19-13-7-9-15-8-5-6-12-17(15)19/h2-6,8,10-12,14H,7,9,13H2,1H3/t14-/m1/s1. The number of nitrogens with zero attached hydrogens (tertiary/aromatic N) is 1. The fourth-order valence-electron chi connectivity index (χ4n) is 2.74. The maximum absolute atomic E-state index is 12.8. The third kappa shape index (κ3) is 3.13. The van der Waals surface area contributed by atoms with E-state index in [1.165, 1.54) is 5.56 Å². The highest BCUT2D eigenvalue weighted by atomic mass is 32.2. The van der Waals surface area contributed by atoms with E-state index in [2.05, 4.69) is 30.3 Å². The molecule has 0 fully saturated rings. The molecule has 3 heteroatoms. The molecule has 1 aliphatic heterocycles. The van der Waals surface area contributed by atoms with Gasteiger partial charge in [0.15, 0.2) is 0 Å². The summed E-state index contributed by atoms with van der Waals surface area (Å²) in [5.41, 5.74) is 2.38. The molecule has 0 bridgehead atoms. The van der Waals surface area contributed by atoms with Crippen LogP contribution in [0.3, 0.4) is 0 Å². The van der Waals surface area contributed by atoms with Crippen molar-refractivity contribution in [2.45, 2.75) is 29.9 Å². The molecule has 0 unspecified atom stereocenters. The summed E-state index contributed by atoms with van der Waals surface area (Å²) in [4.78, 5) is 15.9. The Morgan fingerprint density at radius 2 is 1.81 bits per heavy atom. The summed E-state index contributed by atoms with van der Waals surface area (Å²) in [5.74, 6) is 0.205. The molecule has 0 N–H and O–H groups in total. The second-order valence-corrected chi connectivity index (χ2v) is 6.71. The topological polar surface area (TPSA) is 20.3 Å². The highest BCUT2D eigenvalue weighted by molar-refractivity contribution is 8.00. The van der Waals surface area contributed by atoms with Gasteiger partial charge in [-0.15, -0.1) is 11.8 Å². The van der Waals surface area contributed by atoms with Crippen LogP contribution in [0, 0.1) is 0 Å². The fourth-order valence-corrected chi connectivity index (χ4v) is 3.69. The molecule has 0 saturated carbocycles. The lowest BCUT2D eigenvalue weighted by Crippen LogP contribution is -2.40. The molecule has 0 saturated heterocycles. The molecule has 2 aromatic carbocycles. The van der Waals surface area contributed by atoms with Crippen molar-refractivity contribution in [3.05, 3.63) is 60.2 Å². The number of hydrogen-bond donors (Lipinski definition) is 0. The number of rotatable bonds is 3. The molecule has 0 aromatic heterocycles. The molecule has 2 aromatic rings. The predicted octanol–water partition coefficient (Wildman–Crippen LogP) is 4.15. The van der Waals surface area contributed by atoms with Gasteiger partial charge in [0.1, 0.15) is 0 Å². The van der Waals surface area contributed by atoms with Crippen LogP contribution in [0.2, 0.25) is 0 Å².